The van der Waals surface area contributed by atoms with E-state index in [1.165, 1.54) is 22.3 Å². The maximum absolute atomic E-state index is 10.8. The van der Waals surface area contributed by atoms with E-state index in [4.69, 9.17) is 0 Å². The SMILES string of the molecule is C=C[C@@H](O)C1(C)CC2c3ccccc3C1(C)c1ccccc12. The fourth-order valence-electron chi connectivity index (χ4n) is 4.97. The lowest BCUT2D eigenvalue weighted by atomic mass is 9.44. The molecule has 2 bridgehead atoms. The van der Waals surface area contributed by atoms with Gasteiger partial charge < -0.3 is 5.11 Å². The maximum atomic E-state index is 10.8. The van der Waals surface area contributed by atoms with Gasteiger partial charge in [-0.25, -0.2) is 0 Å². The molecule has 1 heteroatoms. The lowest BCUT2D eigenvalue weighted by molar-refractivity contribution is -0.000439. The van der Waals surface area contributed by atoms with Crippen molar-refractivity contribution in [2.24, 2.45) is 5.41 Å². The molecule has 0 heterocycles. The highest BCUT2D eigenvalue weighted by Gasteiger charge is 2.59. The first-order chi connectivity index (χ1) is 10.5. The van der Waals surface area contributed by atoms with E-state index in [9.17, 15) is 5.11 Å². The van der Waals surface area contributed by atoms with Gasteiger partial charge in [0.05, 0.1) is 6.10 Å². The van der Waals surface area contributed by atoms with Gasteiger partial charge in [-0.15, -0.1) is 6.58 Å². The monoisotopic (exact) mass is 290 g/mol. The lowest BCUT2D eigenvalue weighted by Crippen LogP contribution is -2.56. The Balaban J connectivity index is 2.09. The van der Waals surface area contributed by atoms with Crippen LogP contribution in [-0.4, -0.2) is 11.2 Å². The van der Waals surface area contributed by atoms with Gasteiger partial charge in [-0.3, -0.25) is 0 Å². The van der Waals surface area contributed by atoms with Crippen LogP contribution in [-0.2, 0) is 5.41 Å². The molecular weight excluding hydrogens is 268 g/mol. The van der Waals surface area contributed by atoms with Gasteiger partial charge in [0.1, 0.15) is 0 Å². The molecular formula is C21H22O. The summed E-state index contributed by atoms with van der Waals surface area (Å²) in [7, 11) is 0. The average molecular weight is 290 g/mol. The summed E-state index contributed by atoms with van der Waals surface area (Å²) in [4.78, 5) is 0. The van der Waals surface area contributed by atoms with E-state index in [1.54, 1.807) is 6.08 Å². The minimum atomic E-state index is -0.512. The smallest absolute Gasteiger partial charge is 0.0783 e. The summed E-state index contributed by atoms with van der Waals surface area (Å²) < 4.78 is 0. The molecule has 3 aliphatic carbocycles. The van der Waals surface area contributed by atoms with Gasteiger partial charge in [0.25, 0.3) is 0 Å². The first-order valence-electron chi connectivity index (χ1n) is 8.03. The van der Waals surface area contributed by atoms with Crippen LogP contribution in [0.25, 0.3) is 0 Å². The molecule has 0 amide bonds. The van der Waals surface area contributed by atoms with E-state index in [0.29, 0.717) is 5.92 Å². The van der Waals surface area contributed by atoms with Gasteiger partial charge in [-0.05, 0) is 28.7 Å². The lowest BCUT2D eigenvalue weighted by Gasteiger charge is -2.60. The summed E-state index contributed by atoms with van der Waals surface area (Å²) in [5.74, 6) is 0.369. The molecule has 0 radical (unpaired) electrons. The molecule has 0 aliphatic heterocycles. The van der Waals surface area contributed by atoms with E-state index in [0.717, 1.165) is 6.42 Å². The highest BCUT2D eigenvalue weighted by atomic mass is 16.3. The van der Waals surface area contributed by atoms with E-state index < -0.39 is 6.10 Å². The van der Waals surface area contributed by atoms with Crippen molar-refractivity contribution in [3.63, 3.8) is 0 Å². The Bertz CT molecular complexity index is 713. The van der Waals surface area contributed by atoms with Crippen molar-refractivity contribution in [1.82, 2.24) is 0 Å². The minimum absolute atomic E-state index is 0.192. The van der Waals surface area contributed by atoms with E-state index >= 15 is 0 Å². The van der Waals surface area contributed by atoms with Crippen LogP contribution < -0.4 is 0 Å². The third-order valence-electron chi connectivity index (χ3n) is 6.40. The molecule has 22 heavy (non-hydrogen) atoms. The molecule has 2 aromatic carbocycles. The van der Waals surface area contributed by atoms with Gasteiger partial charge in [0.2, 0.25) is 0 Å². The van der Waals surface area contributed by atoms with E-state index in [-0.39, 0.29) is 10.8 Å². The molecule has 0 aromatic heterocycles. The highest BCUT2D eigenvalue weighted by Crippen LogP contribution is 2.65. The number of hydrogen-bond donors (Lipinski definition) is 1. The molecule has 2 atom stereocenters. The predicted molar refractivity (Wildman–Crippen MR) is 90.1 cm³/mol. The van der Waals surface area contributed by atoms with Crippen LogP contribution >= 0.6 is 0 Å². The van der Waals surface area contributed by atoms with Crippen molar-refractivity contribution < 1.29 is 5.11 Å². The van der Waals surface area contributed by atoms with Gasteiger partial charge in [-0.1, -0.05) is 68.5 Å². The second-order valence-corrected chi connectivity index (χ2v) is 7.15. The molecule has 3 aliphatic rings. The van der Waals surface area contributed by atoms with Crippen molar-refractivity contribution in [1.29, 1.82) is 0 Å². The summed E-state index contributed by atoms with van der Waals surface area (Å²) in [5.41, 5.74) is 5.17. The Kier molecular flexibility index (Phi) is 2.71. The number of aliphatic hydroxyl groups excluding tert-OH is 1. The van der Waals surface area contributed by atoms with Gasteiger partial charge >= 0.3 is 0 Å². The second kappa shape index (κ2) is 4.33. The van der Waals surface area contributed by atoms with Crippen LogP contribution in [0.4, 0.5) is 0 Å². The van der Waals surface area contributed by atoms with Crippen molar-refractivity contribution in [3.8, 4) is 0 Å². The summed E-state index contributed by atoms with van der Waals surface area (Å²) in [6, 6.07) is 17.5. The molecule has 1 unspecified atom stereocenters. The predicted octanol–water partition coefficient (Wildman–Crippen LogP) is 4.39. The summed E-state index contributed by atoms with van der Waals surface area (Å²) in [5, 5.41) is 10.8. The molecule has 112 valence electrons. The van der Waals surface area contributed by atoms with Gasteiger partial charge in [0.15, 0.2) is 0 Å². The zero-order valence-corrected chi connectivity index (χ0v) is 13.2. The summed E-state index contributed by atoms with van der Waals surface area (Å²) in [6.45, 7) is 8.38. The molecule has 1 nitrogen and oxygen atoms in total. The zero-order chi connectivity index (χ0) is 15.5. The van der Waals surface area contributed by atoms with Crippen molar-refractivity contribution in [3.05, 3.63) is 83.4 Å². The summed E-state index contributed by atoms with van der Waals surface area (Å²) >= 11 is 0. The zero-order valence-electron chi connectivity index (χ0n) is 13.2. The fraction of sp³-hybridized carbons (Fsp3) is 0.333. The number of hydrogen-bond acceptors (Lipinski definition) is 1. The Morgan fingerprint density at radius 1 is 1.05 bits per heavy atom. The molecule has 5 rings (SSSR count). The number of fused-ring (bicyclic) bond motifs is 1. The Morgan fingerprint density at radius 2 is 1.55 bits per heavy atom. The molecule has 0 saturated heterocycles. The van der Waals surface area contributed by atoms with Crippen LogP contribution in [0.3, 0.4) is 0 Å². The highest BCUT2D eigenvalue weighted by molar-refractivity contribution is 5.61. The quantitative estimate of drug-likeness (QED) is 0.813. The first-order valence-corrected chi connectivity index (χ1v) is 8.03. The average Bonchev–Trinajstić information content (AvgIpc) is 2.57. The van der Waals surface area contributed by atoms with Gasteiger partial charge in [0, 0.05) is 16.7 Å². The maximum Gasteiger partial charge on any atom is 0.0783 e. The van der Waals surface area contributed by atoms with E-state index in [2.05, 4.69) is 69.0 Å². The first kappa shape index (κ1) is 13.8. The molecule has 0 fully saturated rings. The molecule has 2 aromatic rings. The van der Waals surface area contributed by atoms with Crippen LogP contribution in [0.1, 0.15) is 48.4 Å². The van der Waals surface area contributed by atoms with Crippen molar-refractivity contribution in [2.45, 2.75) is 37.7 Å². The fourth-order valence-corrected chi connectivity index (χ4v) is 4.97. The third-order valence-corrected chi connectivity index (χ3v) is 6.40. The molecule has 0 saturated carbocycles. The van der Waals surface area contributed by atoms with E-state index in [1.807, 2.05) is 0 Å². The van der Waals surface area contributed by atoms with Crippen molar-refractivity contribution in [2.75, 3.05) is 0 Å². The topological polar surface area (TPSA) is 20.2 Å². The Labute approximate surface area is 132 Å². The van der Waals surface area contributed by atoms with Crippen LogP contribution in [0, 0.1) is 5.41 Å². The minimum Gasteiger partial charge on any atom is -0.388 e. The van der Waals surface area contributed by atoms with Crippen LogP contribution in [0.15, 0.2) is 61.2 Å². The third kappa shape index (κ3) is 1.38. The molecule has 0 spiro atoms. The normalized spacial score (nSPS) is 33.0. The standard InChI is InChI=1S/C21H22O/c1-4-19(22)20(2)13-16-14-9-5-7-11-17(14)21(20,3)18-12-8-6-10-15(16)18/h4-12,16,19,22H,1,13H2,2-3H3/t16?,19-,20?,21?/m1/s1. The Hall–Kier alpha value is -1.86. The largest absolute Gasteiger partial charge is 0.388 e. The number of rotatable bonds is 2. The van der Waals surface area contributed by atoms with Crippen molar-refractivity contribution >= 4 is 0 Å². The Morgan fingerprint density at radius 3 is 2.05 bits per heavy atom. The van der Waals surface area contributed by atoms with Crippen LogP contribution in [0.2, 0.25) is 0 Å². The number of aliphatic hydroxyl groups is 1. The number of benzene rings is 2. The van der Waals surface area contributed by atoms with Gasteiger partial charge in [-0.2, -0.15) is 0 Å². The second-order valence-electron chi connectivity index (χ2n) is 7.15. The molecule has 1 N–H and O–H groups in total. The van der Waals surface area contributed by atoms with Crippen LogP contribution in [0.5, 0.6) is 0 Å². The summed E-state index contributed by atoms with van der Waals surface area (Å²) in [6.07, 6.45) is 2.16.